The first-order valence-electron chi connectivity index (χ1n) is 11.9. The van der Waals surface area contributed by atoms with Crippen LogP contribution in [0.15, 0.2) is 96.7 Å². The second-order valence-corrected chi connectivity index (χ2v) is 8.76. The topological polar surface area (TPSA) is 70.5 Å². The lowest BCUT2D eigenvalue weighted by molar-refractivity contribution is -0.132. The summed E-state index contributed by atoms with van der Waals surface area (Å²) in [6.07, 6.45) is 4.77. The van der Waals surface area contributed by atoms with Crippen LogP contribution in [-0.4, -0.2) is 21.8 Å². The molecule has 0 spiro atoms. The molecular formula is C30H26N2O3. The van der Waals surface area contributed by atoms with Gasteiger partial charge in [0.1, 0.15) is 11.8 Å². The minimum Gasteiger partial charge on any atom is -0.507 e. The van der Waals surface area contributed by atoms with E-state index in [1.807, 2.05) is 66.7 Å². The zero-order valence-electron chi connectivity index (χ0n) is 19.5. The predicted octanol–water partition coefficient (Wildman–Crippen LogP) is 6.20. The predicted molar refractivity (Wildman–Crippen MR) is 138 cm³/mol. The summed E-state index contributed by atoms with van der Waals surface area (Å²) in [5.74, 6) is -1.60. The number of pyridine rings is 1. The SMILES string of the molecule is CCCCc1ccc(N2C(=O)C(=O)/C(=C(\O)c3ccc4ccccc4c3)C2c2ccccn2)cc1. The van der Waals surface area contributed by atoms with Crippen molar-refractivity contribution in [1.82, 2.24) is 4.98 Å². The molecule has 1 N–H and O–H groups in total. The molecule has 5 nitrogen and oxygen atoms in total. The molecule has 2 heterocycles. The summed E-state index contributed by atoms with van der Waals surface area (Å²) in [7, 11) is 0. The lowest BCUT2D eigenvalue weighted by atomic mass is 9.97. The van der Waals surface area contributed by atoms with E-state index in [-0.39, 0.29) is 11.3 Å². The lowest BCUT2D eigenvalue weighted by Gasteiger charge is -2.24. The third-order valence-corrected chi connectivity index (χ3v) is 6.47. The molecule has 35 heavy (non-hydrogen) atoms. The van der Waals surface area contributed by atoms with Crippen LogP contribution in [0.5, 0.6) is 0 Å². The fraction of sp³-hybridized carbons (Fsp3) is 0.167. The van der Waals surface area contributed by atoms with E-state index in [1.54, 1.807) is 24.4 Å². The zero-order valence-corrected chi connectivity index (χ0v) is 19.5. The van der Waals surface area contributed by atoms with E-state index in [1.165, 1.54) is 10.5 Å². The van der Waals surface area contributed by atoms with Crippen LogP contribution in [0.3, 0.4) is 0 Å². The number of nitrogens with zero attached hydrogens (tertiary/aromatic N) is 2. The van der Waals surface area contributed by atoms with E-state index in [9.17, 15) is 14.7 Å². The molecule has 1 fully saturated rings. The van der Waals surface area contributed by atoms with Crippen LogP contribution in [0.2, 0.25) is 0 Å². The first kappa shape index (κ1) is 22.5. The van der Waals surface area contributed by atoms with Gasteiger partial charge in [0.15, 0.2) is 0 Å². The molecule has 5 heteroatoms. The molecule has 4 aromatic rings. The van der Waals surface area contributed by atoms with Gasteiger partial charge in [-0.3, -0.25) is 19.5 Å². The number of rotatable bonds is 6. The third-order valence-electron chi connectivity index (χ3n) is 6.47. The number of fused-ring (bicyclic) bond motifs is 1. The highest BCUT2D eigenvalue weighted by molar-refractivity contribution is 6.51. The van der Waals surface area contributed by atoms with Crippen molar-refractivity contribution < 1.29 is 14.7 Å². The van der Waals surface area contributed by atoms with E-state index in [4.69, 9.17) is 0 Å². The van der Waals surface area contributed by atoms with Crippen LogP contribution < -0.4 is 4.90 Å². The van der Waals surface area contributed by atoms with Gasteiger partial charge in [0.05, 0.1) is 11.3 Å². The van der Waals surface area contributed by atoms with Gasteiger partial charge in [-0.05, 0) is 59.5 Å². The Kier molecular flexibility index (Phi) is 6.15. The molecule has 5 rings (SSSR count). The summed E-state index contributed by atoms with van der Waals surface area (Å²) in [6.45, 7) is 2.15. The molecule has 0 bridgehead atoms. The molecule has 0 radical (unpaired) electrons. The highest BCUT2D eigenvalue weighted by Gasteiger charge is 2.47. The van der Waals surface area contributed by atoms with Gasteiger partial charge < -0.3 is 5.11 Å². The molecule has 3 aromatic carbocycles. The van der Waals surface area contributed by atoms with E-state index >= 15 is 0 Å². The van der Waals surface area contributed by atoms with Crippen molar-refractivity contribution in [2.24, 2.45) is 0 Å². The van der Waals surface area contributed by atoms with Gasteiger partial charge in [0.25, 0.3) is 11.7 Å². The maximum absolute atomic E-state index is 13.3. The Bertz CT molecular complexity index is 1430. The van der Waals surface area contributed by atoms with Gasteiger partial charge in [-0.15, -0.1) is 0 Å². The van der Waals surface area contributed by atoms with Crippen LogP contribution >= 0.6 is 0 Å². The number of benzene rings is 3. The normalized spacial score (nSPS) is 17.3. The molecule has 174 valence electrons. The van der Waals surface area contributed by atoms with Crippen LogP contribution in [0.25, 0.3) is 16.5 Å². The Hall–Kier alpha value is -4.25. The second kappa shape index (κ2) is 9.55. The first-order chi connectivity index (χ1) is 17.1. The van der Waals surface area contributed by atoms with Crippen molar-refractivity contribution in [2.75, 3.05) is 4.90 Å². The molecule has 0 aliphatic carbocycles. The Morgan fingerprint density at radius 1 is 0.914 bits per heavy atom. The summed E-state index contributed by atoms with van der Waals surface area (Å²) in [6, 6.07) is 25.5. The number of unbranched alkanes of at least 4 members (excludes halogenated alkanes) is 1. The standard InChI is InChI=1S/C30H26N2O3/c1-2-3-8-20-12-16-24(17-13-20)32-27(25-11-6-7-18-31-25)26(29(34)30(32)35)28(33)23-15-14-21-9-4-5-10-22(21)19-23/h4-7,9-19,27,33H,2-3,8H2,1H3/b28-26-. The Morgan fingerprint density at radius 2 is 1.66 bits per heavy atom. The number of aryl methyl sites for hydroxylation is 1. The monoisotopic (exact) mass is 462 g/mol. The lowest BCUT2D eigenvalue weighted by Crippen LogP contribution is -2.29. The van der Waals surface area contributed by atoms with E-state index in [2.05, 4.69) is 11.9 Å². The van der Waals surface area contributed by atoms with Gasteiger partial charge >= 0.3 is 0 Å². The number of aliphatic hydroxyl groups excluding tert-OH is 1. The average molecular weight is 463 g/mol. The number of carbonyl (C=O) groups excluding carboxylic acids is 2. The van der Waals surface area contributed by atoms with Gasteiger partial charge in [-0.25, -0.2) is 0 Å². The summed E-state index contributed by atoms with van der Waals surface area (Å²) in [5.41, 5.74) is 2.82. The van der Waals surface area contributed by atoms with Crippen molar-refractivity contribution in [3.8, 4) is 0 Å². The quantitative estimate of drug-likeness (QED) is 0.210. The maximum Gasteiger partial charge on any atom is 0.300 e. The third kappa shape index (κ3) is 4.21. The Balaban J connectivity index is 1.64. The molecule has 1 aromatic heterocycles. The first-order valence-corrected chi connectivity index (χ1v) is 11.9. The van der Waals surface area contributed by atoms with Crippen LogP contribution in [-0.2, 0) is 16.0 Å². The maximum atomic E-state index is 13.3. The number of Topliss-reactive ketones (excluding diaryl/α,β-unsaturated/α-hetero) is 1. The van der Waals surface area contributed by atoms with E-state index in [0.717, 1.165) is 30.0 Å². The van der Waals surface area contributed by atoms with E-state index < -0.39 is 17.7 Å². The van der Waals surface area contributed by atoms with Crippen LogP contribution in [0.1, 0.15) is 42.6 Å². The number of ketones is 1. The molecule has 1 saturated heterocycles. The number of hydrogen-bond donors (Lipinski definition) is 1. The molecule has 1 aliphatic heterocycles. The van der Waals surface area contributed by atoms with Crippen molar-refractivity contribution in [1.29, 1.82) is 0 Å². The van der Waals surface area contributed by atoms with Gasteiger partial charge in [0.2, 0.25) is 0 Å². The van der Waals surface area contributed by atoms with Crippen molar-refractivity contribution in [3.05, 3.63) is 114 Å². The number of aliphatic hydroxyl groups is 1. The molecule has 1 atom stereocenters. The minimum absolute atomic E-state index is 0.0408. The summed E-state index contributed by atoms with van der Waals surface area (Å²) >= 11 is 0. The minimum atomic E-state index is -0.829. The van der Waals surface area contributed by atoms with Crippen LogP contribution in [0, 0.1) is 0 Å². The molecular weight excluding hydrogens is 436 g/mol. The number of anilines is 1. The molecule has 1 aliphatic rings. The summed E-state index contributed by atoms with van der Waals surface area (Å²) in [4.78, 5) is 32.5. The Labute approximate surface area is 204 Å². The summed E-state index contributed by atoms with van der Waals surface area (Å²) < 4.78 is 0. The fourth-order valence-electron chi connectivity index (χ4n) is 4.61. The smallest absolute Gasteiger partial charge is 0.300 e. The molecule has 1 amide bonds. The van der Waals surface area contributed by atoms with Gasteiger partial charge in [-0.2, -0.15) is 0 Å². The molecule has 0 saturated carbocycles. The van der Waals surface area contributed by atoms with Gasteiger partial charge in [0, 0.05) is 17.4 Å². The van der Waals surface area contributed by atoms with Crippen molar-refractivity contribution in [2.45, 2.75) is 32.2 Å². The number of amides is 1. The Morgan fingerprint density at radius 3 is 2.37 bits per heavy atom. The van der Waals surface area contributed by atoms with E-state index in [0.29, 0.717) is 16.9 Å². The average Bonchev–Trinajstić information content (AvgIpc) is 3.17. The highest BCUT2D eigenvalue weighted by atomic mass is 16.3. The zero-order chi connectivity index (χ0) is 24.4. The van der Waals surface area contributed by atoms with Gasteiger partial charge in [-0.1, -0.05) is 67.9 Å². The number of hydrogen-bond acceptors (Lipinski definition) is 4. The van der Waals surface area contributed by atoms with Crippen LogP contribution in [0.4, 0.5) is 5.69 Å². The number of carbonyl (C=O) groups is 2. The summed E-state index contributed by atoms with van der Waals surface area (Å²) in [5, 5.41) is 13.3. The molecule has 1 unspecified atom stereocenters. The number of aromatic nitrogens is 1. The van der Waals surface area contributed by atoms with Crippen molar-refractivity contribution in [3.63, 3.8) is 0 Å². The highest BCUT2D eigenvalue weighted by Crippen LogP contribution is 2.41. The largest absolute Gasteiger partial charge is 0.507 e. The van der Waals surface area contributed by atoms with Crippen molar-refractivity contribution >= 4 is 33.9 Å². The fourth-order valence-corrected chi connectivity index (χ4v) is 4.61. The second-order valence-electron chi connectivity index (χ2n) is 8.76.